The lowest BCUT2D eigenvalue weighted by Crippen LogP contribution is -2.13. The maximum absolute atomic E-state index is 12.0. The number of nitrogens with one attached hydrogen (secondary N) is 1. The molecule has 0 aromatic heterocycles. The van der Waals surface area contributed by atoms with Crippen LogP contribution < -0.4 is 5.56 Å². The van der Waals surface area contributed by atoms with E-state index in [9.17, 15) is 9.59 Å². The van der Waals surface area contributed by atoms with Crippen LogP contribution in [0.25, 0.3) is 22.0 Å². The number of esters is 1. The molecule has 0 saturated carbocycles. The summed E-state index contributed by atoms with van der Waals surface area (Å²) < 4.78 is 6.65. The van der Waals surface area contributed by atoms with E-state index >= 15 is 0 Å². The zero-order valence-electron chi connectivity index (χ0n) is 14.2. The van der Waals surface area contributed by atoms with Crippen molar-refractivity contribution in [2.75, 3.05) is 7.11 Å². The molecule has 0 bridgehead atoms. The fourth-order valence-corrected chi connectivity index (χ4v) is 3.13. The van der Waals surface area contributed by atoms with Gasteiger partial charge in [0.05, 0.1) is 12.7 Å². The highest BCUT2D eigenvalue weighted by Crippen LogP contribution is 2.21. The van der Waals surface area contributed by atoms with Gasteiger partial charge in [-0.15, -0.1) is 0 Å². The predicted octanol–water partition coefficient (Wildman–Crippen LogP) is 2.86. The Balaban J connectivity index is 1.65. The third-order valence-electron chi connectivity index (χ3n) is 4.49. The van der Waals surface area contributed by atoms with E-state index in [0.717, 1.165) is 6.42 Å². The molecular formula is C20H17N3O3. The van der Waals surface area contributed by atoms with Crippen molar-refractivity contribution in [2.24, 2.45) is 0 Å². The molecule has 6 heteroatoms. The van der Waals surface area contributed by atoms with E-state index in [-0.39, 0.29) is 11.1 Å². The summed E-state index contributed by atoms with van der Waals surface area (Å²) >= 11 is 0. The van der Waals surface area contributed by atoms with E-state index in [0.29, 0.717) is 17.8 Å². The Bertz CT molecular complexity index is 1130. The number of rotatable bonds is 4. The number of hydrogen-bond acceptors (Lipinski definition) is 4. The number of ether oxygens (including phenoxy) is 1. The topological polar surface area (TPSA) is 77.0 Å². The summed E-state index contributed by atoms with van der Waals surface area (Å²) in [5.74, 6) is -0.512. The van der Waals surface area contributed by atoms with E-state index in [1.54, 1.807) is 12.4 Å². The van der Waals surface area contributed by atoms with Crippen LogP contribution in [0.2, 0.25) is 0 Å². The van der Waals surface area contributed by atoms with Crippen molar-refractivity contribution >= 4 is 16.7 Å². The number of aromatic nitrogens is 3. The van der Waals surface area contributed by atoms with Crippen LogP contribution in [0.15, 0.2) is 59.7 Å². The zero-order valence-corrected chi connectivity index (χ0v) is 14.2. The molecule has 0 atom stereocenters. The highest BCUT2D eigenvalue weighted by Gasteiger charge is 2.21. The number of methoxy groups -OCH3 is 1. The quantitative estimate of drug-likeness (QED) is 0.576. The predicted molar refractivity (Wildman–Crippen MR) is 98.5 cm³/mol. The smallest absolute Gasteiger partial charge is 0.341 e. The normalized spacial score (nSPS) is 11.1. The first kappa shape index (κ1) is 16.1. The molecule has 4 rings (SSSR count). The number of carbonyl (C=O) groups is 1. The van der Waals surface area contributed by atoms with Crippen molar-refractivity contribution in [1.82, 2.24) is 14.8 Å². The first-order valence-corrected chi connectivity index (χ1v) is 8.30. The Kier molecular flexibility index (Phi) is 4.01. The van der Waals surface area contributed by atoms with Crippen molar-refractivity contribution in [2.45, 2.75) is 13.0 Å². The van der Waals surface area contributed by atoms with Crippen molar-refractivity contribution in [3.63, 3.8) is 0 Å². The summed E-state index contributed by atoms with van der Waals surface area (Å²) in [6, 6.07) is 14.6. The molecule has 0 aliphatic carbocycles. The van der Waals surface area contributed by atoms with E-state index in [1.807, 2.05) is 16.7 Å². The van der Waals surface area contributed by atoms with Crippen molar-refractivity contribution in [3.8, 4) is 11.3 Å². The van der Waals surface area contributed by atoms with Crippen LogP contribution in [0.3, 0.4) is 0 Å². The Hall–Kier alpha value is -3.41. The third kappa shape index (κ3) is 2.86. The number of H-pyrrole nitrogens is 1. The molecule has 0 saturated heterocycles. The van der Waals surface area contributed by atoms with Gasteiger partial charge in [-0.2, -0.15) is 5.10 Å². The molecule has 6 nitrogen and oxygen atoms in total. The SMILES string of the molecule is COC(=O)c1cn(CCc2ccc3ccccc3c2)cc2c(=O)[nH]nc1-2. The second-order valence-corrected chi connectivity index (χ2v) is 6.15. The van der Waals surface area contributed by atoms with Gasteiger partial charge in [-0.3, -0.25) is 4.79 Å². The first-order valence-electron chi connectivity index (χ1n) is 8.30. The Morgan fingerprint density at radius 2 is 1.96 bits per heavy atom. The van der Waals surface area contributed by atoms with Crippen molar-refractivity contribution < 1.29 is 9.53 Å². The first-order chi connectivity index (χ1) is 12.7. The molecule has 2 aromatic rings. The van der Waals surface area contributed by atoms with Crippen LogP contribution >= 0.6 is 0 Å². The molecule has 0 unspecified atom stereocenters. The number of benzene rings is 2. The van der Waals surface area contributed by atoms with E-state index < -0.39 is 5.97 Å². The lowest BCUT2D eigenvalue weighted by molar-refractivity contribution is 0.0600. The average molecular weight is 347 g/mol. The van der Waals surface area contributed by atoms with Gasteiger partial charge in [0.25, 0.3) is 5.56 Å². The van der Waals surface area contributed by atoms with Gasteiger partial charge in [-0.25, -0.2) is 9.89 Å². The van der Waals surface area contributed by atoms with E-state index in [2.05, 4.69) is 40.5 Å². The largest absolute Gasteiger partial charge is 0.465 e. The number of aromatic amines is 1. The molecule has 0 fully saturated rings. The second-order valence-electron chi connectivity index (χ2n) is 6.15. The minimum Gasteiger partial charge on any atom is -0.465 e. The molecule has 0 spiro atoms. The molecule has 2 aliphatic rings. The number of aryl methyl sites for hydroxylation is 2. The summed E-state index contributed by atoms with van der Waals surface area (Å²) in [6.07, 6.45) is 4.16. The fourth-order valence-electron chi connectivity index (χ4n) is 3.13. The molecule has 2 aromatic carbocycles. The molecule has 1 N–H and O–H groups in total. The number of carbonyl (C=O) groups excluding carboxylic acids is 1. The van der Waals surface area contributed by atoms with Gasteiger partial charge < -0.3 is 9.30 Å². The van der Waals surface area contributed by atoms with Crippen molar-refractivity contribution in [1.29, 1.82) is 0 Å². The zero-order chi connectivity index (χ0) is 18.1. The molecule has 2 heterocycles. The molecule has 0 radical (unpaired) electrons. The Morgan fingerprint density at radius 1 is 1.15 bits per heavy atom. The van der Waals surface area contributed by atoms with Crippen LogP contribution in [-0.2, 0) is 17.7 Å². The molecule has 130 valence electrons. The monoisotopic (exact) mass is 347 g/mol. The standard InChI is InChI=1S/C20H17N3O3/c1-26-20(25)17-12-23(11-16-18(17)21-22-19(16)24)9-8-13-6-7-14-4-2-3-5-15(14)10-13/h2-7,10-12H,8-9H2,1H3,(H,22,24). The van der Waals surface area contributed by atoms with Gasteiger partial charge in [0.2, 0.25) is 0 Å². The highest BCUT2D eigenvalue weighted by atomic mass is 16.5. The Morgan fingerprint density at radius 3 is 2.77 bits per heavy atom. The highest BCUT2D eigenvalue weighted by molar-refractivity contribution is 5.95. The lowest BCUT2D eigenvalue weighted by Gasteiger charge is -2.12. The van der Waals surface area contributed by atoms with Crippen LogP contribution in [0.4, 0.5) is 0 Å². The maximum atomic E-state index is 12.0. The number of fused-ring (bicyclic) bond motifs is 2. The third-order valence-corrected chi connectivity index (χ3v) is 4.49. The summed E-state index contributed by atoms with van der Waals surface area (Å²) in [4.78, 5) is 23.9. The summed E-state index contributed by atoms with van der Waals surface area (Å²) in [5.41, 5.74) is 1.87. The van der Waals surface area contributed by atoms with Gasteiger partial charge in [0.15, 0.2) is 0 Å². The van der Waals surface area contributed by atoms with Gasteiger partial charge in [-0.05, 0) is 22.8 Å². The van der Waals surface area contributed by atoms with E-state index in [1.165, 1.54) is 23.4 Å². The minimum atomic E-state index is -0.512. The van der Waals surface area contributed by atoms with Crippen LogP contribution in [0.5, 0.6) is 0 Å². The summed E-state index contributed by atoms with van der Waals surface area (Å²) in [5, 5.41) is 8.71. The number of nitrogens with zero attached hydrogens (tertiary/aromatic N) is 2. The second kappa shape index (κ2) is 6.48. The fraction of sp³-hybridized carbons (Fsp3) is 0.150. The average Bonchev–Trinajstić information content (AvgIpc) is 3.06. The summed E-state index contributed by atoms with van der Waals surface area (Å²) in [7, 11) is 1.31. The van der Waals surface area contributed by atoms with Gasteiger partial charge in [-0.1, -0.05) is 42.5 Å². The maximum Gasteiger partial charge on any atom is 0.341 e. The molecule has 0 amide bonds. The summed E-state index contributed by atoms with van der Waals surface area (Å²) in [6.45, 7) is 0.628. The van der Waals surface area contributed by atoms with E-state index in [4.69, 9.17) is 4.74 Å². The number of hydrogen-bond donors (Lipinski definition) is 1. The van der Waals surface area contributed by atoms with Gasteiger partial charge in [0, 0.05) is 18.9 Å². The molecule has 2 aliphatic heterocycles. The van der Waals surface area contributed by atoms with Gasteiger partial charge in [0.1, 0.15) is 11.3 Å². The number of pyridine rings is 1. The van der Waals surface area contributed by atoms with Crippen LogP contribution in [0.1, 0.15) is 15.9 Å². The van der Waals surface area contributed by atoms with Crippen LogP contribution in [0, 0.1) is 0 Å². The van der Waals surface area contributed by atoms with Crippen LogP contribution in [-0.4, -0.2) is 27.8 Å². The van der Waals surface area contributed by atoms with Gasteiger partial charge >= 0.3 is 5.97 Å². The van der Waals surface area contributed by atoms with Crippen molar-refractivity contribution in [3.05, 3.63) is 76.3 Å². The lowest BCUT2D eigenvalue weighted by atomic mass is 10.0. The molecular weight excluding hydrogens is 330 g/mol. The minimum absolute atomic E-state index is 0.280. The molecule has 26 heavy (non-hydrogen) atoms. The Labute approximate surface area is 149 Å².